The third kappa shape index (κ3) is 4.92. The second-order valence-corrected chi connectivity index (χ2v) is 4.85. The maximum absolute atomic E-state index is 5.20. The molecule has 0 fully saturated rings. The summed E-state index contributed by atoms with van der Waals surface area (Å²) in [6.45, 7) is 1.73. The molecular formula is C15H21N5O. The van der Waals surface area contributed by atoms with Crippen molar-refractivity contribution >= 4 is 17.5 Å². The summed E-state index contributed by atoms with van der Waals surface area (Å²) in [4.78, 5) is 10.7. The molecule has 2 rings (SSSR count). The molecule has 6 heteroatoms. The molecule has 1 aromatic carbocycles. The van der Waals surface area contributed by atoms with Gasteiger partial charge in [-0.15, -0.1) is 0 Å². The molecule has 0 aliphatic rings. The summed E-state index contributed by atoms with van der Waals surface area (Å²) in [5.74, 6) is 2.16. The first-order valence-corrected chi connectivity index (χ1v) is 6.80. The maximum Gasteiger partial charge on any atom is 0.224 e. The van der Waals surface area contributed by atoms with Crippen molar-refractivity contribution < 1.29 is 4.74 Å². The SMILES string of the molecule is COc1cccc(Nc2ccnc(NCCN(C)C)n2)c1. The van der Waals surface area contributed by atoms with Gasteiger partial charge in [-0.05, 0) is 32.3 Å². The van der Waals surface area contributed by atoms with Crippen LogP contribution in [0.3, 0.4) is 0 Å². The van der Waals surface area contributed by atoms with Gasteiger partial charge in [0.2, 0.25) is 5.95 Å². The molecule has 6 nitrogen and oxygen atoms in total. The summed E-state index contributed by atoms with van der Waals surface area (Å²) < 4.78 is 5.20. The average Bonchev–Trinajstić information content (AvgIpc) is 2.47. The molecular weight excluding hydrogens is 266 g/mol. The number of likely N-dealkylation sites (N-methyl/N-ethyl adjacent to an activating group) is 1. The number of nitrogens with one attached hydrogen (secondary N) is 2. The fourth-order valence-corrected chi connectivity index (χ4v) is 1.75. The lowest BCUT2D eigenvalue weighted by molar-refractivity contribution is 0.415. The van der Waals surface area contributed by atoms with Crippen LogP contribution in [0.1, 0.15) is 0 Å². The van der Waals surface area contributed by atoms with Crippen LogP contribution in [0.5, 0.6) is 5.75 Å². The van der Waals surface area contributed by atoms with Crippen molar-refractivity contribution in [1.29, 1.82) is 0 Å². The zero-order valence-corrected chi connectivity index (χ0v) is 12.6. The van der Waals surface area contributed by atoms with Crippen molar-refractivity contribution in [3.8, 4) is 5.75 Å². The van der Waals surface area contributed by atoms with Gasteiger partial charge in [0.1, 0.15) is 11.6 Å². The number of rotatable bonds is 7. The van der Waals surface area contributed by atoms with Crippen LogP contribution in [0.4, 0.5) is 17.5 Å². The summed E-state index contributed by atoms with van der Waals surface area (Å²) in [7, 11) is 5.71. The lowest BCUT2D eigenvalue weighted by atomic mass is 10.3. The van der Waals surface area contributed by atoms with E-state index in [1.165, 1.54) is 0 Å². The minimum absolute atomic E-state index is 0.616. The van der Waals surface area contributed by atoms with Gasteiger partial charge in [-0.2, -0.15) is 4.98 Å². The molecule has 21 heavy (non-hydrogen) atoms. The predicted octanol–water partition coefficient (Wildman–Crippen LogP) is 2.20. The van der Waals surface area contributed by atoms with E-state index in [-0.39, 0.29) is 0 Å². The highest BCUT2D eigenvalue weighted by Gasteiger charge is 2.01. The van der Waals surface area contributed by atoms with E-state index in [1.54, 1.807) is 13.3 Å². The zero-order valence-electron chi connectivity index (χ0n) is 12.6. The first-order valence-electron chi connectivity index (χ1n) is 6.80. The number of anilines is 3. The van der Waals surface area contributed by atoms with E-state index < -0.39 is 0 Å². The fraction of sp³-hybridized carbons (Fsp3) is 0.333. The Morgan fingerprint density at radius 3 is 2.86 bits per heavy atom. The predicted molar refractivity (Wildman–Crippen MR) is 85.4 cm³/mol. The third-order valence-corrected chi connectivity index (χ3v) is 2.84. The van der Waals surface area contributed by atoms with Crippen LogP contribution < -0.4 is 15.4 Å². The van der Waals surface area contributed by atoms with Crippen molar-refractivity contribution in [1.82, 2.24) is 14.9 Å². The Hall–Kier alpha value is -2.34. The lowest BCUT2D eigenvalue weighted by Crippen LogP contribution is -2.21. The van der Waals surface area contributed by atoms with Crippen molar-refractivity contribution in [3.05, 3.63) is 36.5 Å². The van der Waals surface area contributed by atoms with Crippen molar-refractivity contribution in [3.63, 3.8) is 0 Å². The molecule has 2 N–H and O–H groups in total. The van der Waals surface area contributed by atoms with Gasteiger partial charge in [-0.3, -0.25) is 0 Å². The monoisotopic (exact) mass is 287 g/mol. The van der Waals surface area contributed by atoms with E-state index in [0.29, 0.717) is 5.95 Å². The molecule has 0 radical (unpaired) electrons. The highest BCUT2D eigenvalue weighted by Crippen LogP contribution is 2.20. The Kier molecular flexibility index (Phi) is 5.34. The van der Waals surface area contributed by atoms with Crippen LogP contribution in [0.25, 0.3) is 0 Å². The smallest absolute Gasteiger partial charge is 0.224 e. The van der Waals surface area contributed by atoms with Crippen LogP contribution in [0.15, 0.2) is 36.5 Å². The Bertz CT molecular complexity index is 573. The fourth-order valence-electron chi connectivity index (χ4n) is 1.75. The van der Waals surface area contributed by atoms with Gasteiger partial charge >= 0.3 is 0 Å². The van der Waals surface area contributed by atoms with E-state index in [4.69, 9.17) is 4.74 Å². The summed E-state index contributed by atoms with van der Waals surface area (Å²) in [5.41, 5.74) is 0.923. The van der Waals surface area contributed by atoms with Crippen LogP contribution in [0, 0.1) is 0 Å². The number of hydrogen-bond acceptors (Lipinski definition) is 6. The molecule has 2 aromatic rings. The summed E-state index contributed by atoms with van der Waals surface area (Å²) >= 11 is 0. The second-order valence-electron chi connectivity index (χ2n) is 4.85. The molecule has 1 aromatic heterocycles. The molecule has 0 spiro atoms. The molecule has 112 valence electrons. The summed E-state index contributed by atoms with van der Waals surface area (Å²) in [6, 6.07) is 9.54. The average molecular weight is 287 g/mol. The van der Waals surface area contributed by atoms with E-state index in [9.17, 15) is 0 Å². The van der Waals surface area contributed by atoms with E-state index >= 15 is 0 Å². The largest absolute Gasteiger partial charge is 0.497 e. The first kappa shape index (κ1) is 15.1. The van der Waals surface area contributed by atoms with Crippen LogP contribution in [-0.4, -0.2) is 49.2 Å². The number of ether oxygens (including phenoxy) is 1. The van der Waals surface area contributed by atoms with Crippen LogP contribution in [0.2, 0.25) is 0 Å². The molecule has 0 unspecified atom stereocenters. The normalized spacial score (nSPS) is 10.5. The van der Waals surface area contributed by atoms with Crippen molar-refractivity contribution in [2.45, 2.75) is 0 Å². The minimum atomic E-state index is 0.616. The Balaban J connectivity index is 1.99. The van der Waals surface area contributed by atoms with Crippen molar-refractivity contribution in [2.75, 3.05) is 44.9 Å². The van der Waals surface area contributed by atoms with Crippen LogP contribution >= 0.6 is 0 Å². The number of benzene rings is 1. The van der Waals surface area contributed by atoms with E-state index in [2.05, 4.69) is 25.5 Å². The highest BCUT2D eigenvalue weighted by molar-refractivity contribution is 5.58. The van der Waals surface area contributed by atoms with Gasteiger partial charge in [0.15, 0.2) is 0 Å². The summed E-state index contributed by atoms with van der Waals surface area (Å²) in [6.07, 6.45) is 1.73. The Morgan fingerprint density at radius 2 is 2.10 bits per heavy atom. The molecule has 0 saturated carbocycles. The second kappa shape index (κ2) is 7.44. The molecule has 0 atom stereocenters. The molecule has 0 bridgehead atoms. The van der Waals surface area contributed by atoms with Crippen LogP contribution in [-0.2, 0) is 0 Å². The molecule has 0 aliphatic heterocycles. The standard InChI is InChI=1S/C15H21N5O/c1-20(2)10-9-17-15-16-8-7-14(19-15)18-12-5-4-6-13(11-12)21-3/h4-8,11H,9-10H2,1-3H3,(H2,16,17,18,19). The Labute approximate surface area is 125 Å². The van der Waals surface area contributed by atoms with E-state index in [0.717, 1.165) is 30.3 Å². The van der Waals surface area contributed by atoms with Gasteiger partial charge in [-0.25, -0.2) is 4.98 Å². The van der Waals surface area contributed by atoms with Gasteiger partial charge in [0, 0.05) is 31.0 Å². The number of hydrogen-bond donors (Lipinski definition) is 2. The van der Waals surface area contributed by atoms with Gasteiger partial charge < -0.3 is 20.3 Å². The quantitative estimate of drug-likeness (QED) is 0.814. The highest BCUT2D eigenvalue weighted by atomic mass is 16.5. The number of methoxy groups -OCH3 is 1. The van der Waals surface area contributed by atoms with Gasteiger partial charge in [-0.1, -0.05) is 6.07 Å². The first-order chi connectivity index (χ1) is 10.2. The van der Waals surface area contributed by atoms with Gasteiger partial charge in [0.05, 0.1) is 7.11 Å². The Morgan fingerprint density at radius 1 is 1.24 bits per heavy atom. The molecule has 1 heterocycles. The molecule has 0 aliphatic carbocycles. The minimum Gasteiger partial charge on any atom is -0.497 e. The molecule has 0 amide bonds. The zero-order chi connectivity index (χ0) is 15.1. The van der Waals surface area contributed by atoms with Gasteiger partial charge in [0.25, 0.3) is 0 Å². The number of aromatic nitrogens is 2. The van der Waals surface area contributed by atoms with Crippen molar-refractivity contribution in [2.24, 2.45) is 0 Å². The maximum atomic E-state index is 5.20. The van der Waals surface area contributed by atoms with E-state index in [1.807, 2.05) is 44.4 Å². The third-order valence-electron chi connectivity index (χ3n) is 2.84. The summed E-state index contributed by atoms with van der Waals surface area (Å²) in [5, 5.41) is 6.43. The number of nitrogens with zero attached hydrogens (tertiary/aromatic N) is 3. The topological polar surface area (TPSA) is 62.3 Å². The lowest BCUT2D eigenvalue weighted by Gasteiger charge is -2.11. The molecule has 0 saturated heterocycles.